The second-order valence-electron chi connectivity index (χ2n) is 12.3. The lowest BCUT2D eigenvalue weighted by Gasteiger charge is -2.34. The number of carbonyl (C=O) groups is 2. The molecule has 1 aliphatic rings. The Morgan fingerprint density at radius 2 is 1.62 bits per heavy atom. The number of hydrogen-bond acceptors (Lipinski definition) is 10. The van der Waals surface area contributed by atoms with Crippen LogP contribution in [0, 0.1) is 5.92 Å². The van der Waals surface area contributed by atoms with E-state index in [0.717, 1.165) is 5.69 Å². The average Bonchev–Trinajstić information content (AvgIpc) is 3.03. The van der Waals surface area contributed by atoms with Crippen molar-refractivity contribution in [2.24, 2.45) is 5.92 Å². The van der Waals surface area contributed by atoms with Gasteiger partial charge in [0.25, 0.3) is 11.8 Å². The molecule has 2 aromatic carbocycles. The number of esters is 1. The predicted molar refractivity (Wildman–Crippen MR) is 171 cm³/mol. The van der Waals surface area contributed by atoms with E-state index in [1.807, 2.05) is 0 Å². The number of benzene rings is 2. The Kier molecular flexibility index (Phi) is 11.6. The Hall–Kier alpha value is -4.40. The number of anilines is 1. The summed E-state index contributed by atoms with van der Waals surface area (Å²) in [5, 5.41) is 2.29. The number of piperidine rings is 1. The number of carbonyl (C=O) groups excluding carboxylic acids is 2. The Labute approximate surface area is 277 Å². The summed E-state index contributed by atoms with van der Waals surface area (Å²) in [7, 11) is -6.21. The summed E-state index contributed by atoms with van der Waals surface area (Å²) in [6.45, 7) is 8.52. The molecule has 0 radical (unpaired) electrons. The summed E-state index contributed by atoms with van der Waals surface area (Å²) < 4.78 is 79.5. The second kappa shape index (κ2) is 15.2. The van der Waals surface area contributed by atoms with Crippen molar-refractivity contribution in [3.05, 3.63) is 77.2 Å². The van der Waals surface area contributed by atoms with Crippen molar-refractivity contribution in [1.82, 2.24) is 15.3 Å². The first-order valence-electron chi connectivity index (χ1n) is 15.4. The highest BCUT2D eigenvalue weighted by atomic mass is 32.2. The van der Waals surface area contributed by atoms with E-state index in [9.17, 15) is 31.2 Å². The minimum Gasteiger partial charge on any atom is -0.481 e. The molecule has 0 atom stereocenters. The Morgan fingerprint density at radius 1 is 0.979 bits per heavy atom. The molecule has 48 heavy (non-hydrogen) atoms. The first-order valence-corrected chi connectivity index (χ1v) is 16.9. The van der Waals surface area contributed by atoms with Gasteiger partial charge in [0.05, 0.1) is 6.61 Å². The molecule has 0 bridgehead atoms. The largest absolute Gasteiger partial charge is 0.534 e. The molecule has 260 valence electrons. The molecule has 1 fully saturated rings. The maximum atomic E-state index is 13.4. The molecule has 0 spiro atoms. The molecule has 0 aliphatic carbocycles. The zero-order valence-corrected chi connectivity index (χ0v) is 28.0. The zero-order valence-electron chi connectivity index (χ0n) is 27.2. The SMILES string of the molecule is CCOC(=O)CNC(=O)c1nc(CC2CCN(c3ccc(C(C)(C)C)cc3)CC2)nc(OS(=O)(=O)C(F)(F)F)c1OCc1ccccc1. The van der Waals surface area contributed by atoms with Gasteiger partial charge < -0.3 is 23.9 Å². The highest BCUT2D eigenvalue weighted by Crippen LogP contribution is 2.35. The minimum atomic E-state index is -6.21. The van der Waals surface area contributed by atoms with Crippen molar-refractivity contribution in [1.29, 1.82) is 0 Å². The monoisotopic (exact) mass is 692 g/mol. The van der Waals surface area contributed by atoms with Gasteiger partial charge in [0.15, 0.2) is 5.69 Å². The zero-order chi connectivity index (χ0) is 35.1. The highest BCUT2D eigenvalue weighted by molar-refractivity contribution is 7.88. The van der Waals surface area contributed by atoms with E-state index in [1.54, 1.807) is 37.3 Å². The van der Waals surface area contributed by atoms with Gasteiger partial charge in [0.2, 0.25) is 5.75 Å². The topological polar surface area (TPSA) is 137 Å². The molecular formula is C33H39F3N4O7S. The summed E-state index contributed by atoms with van der Waals surface area (Å²) >= 11 is 0. The molecule has 15 heteroatoms. The van der Waals surface area contributed by atoms with Gasteiger partial charge in [0, 0.05) is 25.2 Å². The van der Waals surface area contributed by atoms with E-state index in [2.05, 4.69) is 69.4 Å². The van der Waals surface area contributed by atoms with Crippen LogP contribution in [0.2, 0.25) is 0 Å². The summed E-state index contributed by atoms with van der Waals surface area (Å²) in [4.78, 5) is 35.8. The predicted octanol–water partition coefficient (Wildman–Crippen LogP) is 5.33. The van der Waals surface area contributed by atoms with Gasteiger partial charge in [0.1, 0.15) is 19.0 Å². The molecule has 0 unspecified atom stereocenters. The van der Waals surface area contributed by atoms with Crippen molar-refractivity contribution in [2.75, 3.05) is 31.1 Å². The Balaban J connectivity index is 1.63. The van der Waals surface area contributed by atoms with Crippen LogP contribution in [0.15, 0.2) is 54.6 Å². The second-order valence-corrected chi connectivity index (χ2v) is 13.8. The van der Waals surface area contributed by atoms with Crippen molar-refractivity contribution in [3.63, 3.8) is 0 Å². The first kappa shape index (κ1) is 36.4. The number of amides is 1. The van der Waals surface area contributed by atoms with Gasteiger partial charge in [-0.15, -0.1) is 0 Å². The molecule has 11 nitrogen and oxygen atoms in total. The van der Waals surface area contributed by atoms with Crippen molar-refractivity contribution >= 4 is 27.7 Å². The van der Waals surface area contributed by atoms with Crippen LogP contribution in [0.4, 0.5) is 18.9 Å². The van der Waals surface area contributed by atoms with Crippen LogP contribution in [0.25, 0.3) is 0 Å². The number of aromatic nitrogens is 2. The fraction of sp³-hybridized carbons (Fsp3) is 0.455. The van der Waals surface area contributed by atoms with E-state index in [1.165, 1.54) is 5.56 Å². The summed E-state index contributed by atoms with van der Waals surface area (Å²) in [5.74, 6) is -3.80. The van der Waals surface area contributed by atoms with Crippen molar-refractivity contribution < 1.29 is 44.8 Å². The van der Waals surface area contributed by atoms with E-state index in [0.29, 0.717) is 31.5 Å². The van der Waals surface area contributed by atoms with Gasteiger partial charge in [-0.1, -0.05) is 63.2 Å². The molecule has 2 heterocycles. The van der Waals surface area contributed by atoms with Crippen LogP contribution in [0.1, 0.15) is 68.0 Å². The molecule has 3 aromatic rings. The van der Waals surface area contributed by atoms with Crippen LogP contribution in [0.5, 0.6) is 11.6 Å². The fourth-order valence-electron chi connectivity index (χ4n) is 5.06. The van der Waals surface area contributed by atoms with Crippen molar-refractivity contribution in [3.8, 4) is 11.6 Å². The molecule has 1 saturated heterocycles. The third-order valence-corrected chi connectivity index (χ3v) is 8.62. The van der Waals surface area contributed by atoms with Gasteiger partial charge in [-0.25, -0.2) is 4.98 Å². The highest BCUT2D eigenvalue weighted by Gasteiger charge is 2.49. The van der Waals surface area contributed by atoms with Crippen LogP contribution in [0.3, 0.4) is 0 Å². The van der Waals surface area contributed by atoms with Gasteiger partial charge in [-0.2, -0.15) is 26.6 Å². The minimum absolute atomic E-state index is 0.0181. The number of nitrogens with zero attached hydrogens (tertiary/aromatic N) is 3. The molecule has 1 aromatic heterocycles. The Morgan fingerprint density at radius 3 is 2.21 bits per heavy atom. The molecule has 4 rings (SSSR count). The lowest BCUT2D eigenvalue weighted by atomic mass is 9.87. The number of halogens is 3. The summed E-state index contributed by atoms with van der Waals surface area (Å²) in [6.07, 6.45) is 1.44. The van der Waals surface area contributed by atoms with Gasteiger partial charge >= 0.3 is 21.6 Å². The molecule has 1 amide bonds. The average molecular weight is 693 g/mol. The van der Waals surface area contributed by atoms with E-state index < -0.39 is 51.4 Å². The van der Waals surface area contributed by atoms with Crippen LogP contribution < -0.4 is 19.1 Å². The van der Waals surface area contributed by atoms with Crippen LogP contribution in [-0.4, -0.2) is 62.0 Å². The molecule has 1 aliphatic heterocycles. The number of nitrogens with one attached hydrogen (secondary N) is 1. The normalized spacial score (nSPS) is 14.4. The lowest BCUT2D eigenvalue weighted by Crippen LogP contribution is -2.35. The Bertz CT molecular complexity index is 1670. The fourth-order valence-corrected chi connectivity index (χ4v) is 5.48. The third kappa shape index (κ3) is 9.58. The number of ether oxygens (including phenoxy) is 2. The van der Waals surface area contributed by atoms with Gasteiger partial charge in [-0.3, -0.25) is 9.59 Å². The standard InChI is InChI=1S/C33H39F3N4O7S/c1-5-45-27(41)20-37-30(42)28-29(46-21-23-9-7-6-8-10-23)31(47-48(43,44)33(34,35)36)39-26(38-28)19-22-15-17-40(18-16-22)25-13-11-24(12-14-25)32(2,3)4/h6-14,22H,5,15-21H2,1-4H3,(H,37,42). The van der Waals surface area contributed by atoms with E-state index >= 15 is 0 Å². The number of hydrogen-bond donors (Lipinski definition) is 1. The number of alkyl halides is 3. The van der Waals surface area contributed by atoms with Crippen molar-refractivity contribution in [2.45, 2.75) is 64.5 Å². The molecule has 1 N–H and O–H groups in total. The van der Waals surface area contributed by atoms with E-state index in [4.69, 9.17) is 9.47 Å². The third-order valence-electron chi connectivity index (χ3n) is 7.68. The lowest BCUT2D eigenvalue weighted by molar-refractivity contribution is -0.141. The van der Waals surface area contributed by atoms with E-state index in [-0.39, 0.29) is 36.8 Å². The molecular weight excluding hydrogens is 653 g/mol. The summed E-state index contributed by atoms with van der Waals surface area (Å²) in [6, 6.07) is 16.7. The maximum absolute atomic E-state index is 13.4. The smallest absolute Gasteiger partial charge is 0.481 e. The summed E-state index contributed by atoms with van der Waals surface area (Å²) in [5.41, 5.74) is -3.55. The first-order chi connectivity index (χ1) is 22.6. The van der Waals surface area contributed by atoms with Gasteiger partial charge in [-0.05, 0) is 54.4 Å². The quantitative estimate of drug-likeness (QED) is 0.151. The van der Waals surface area contributed by atoms with Crippen LogP contribution in [-0.2, 0) is 38.1 Å². The number of rotatable bonds is 12. The maximum Gasteiger partial charge on any atom is 0.534 e. The molecule has 0 saturated carbocycles. The van der Waals surface area contributed by atoms with Crippen LogP contribution >= 0.6 is 0 Å².